The fourth-order valence-corrected chi connectivity index (χ4v) is 14.4. The summed E-state index contributed by atoms with van der Waals surface area (Å²) in [6.07, 6.45) is 6.33. The van der Waals surface area contributed by atoms with E-state index in [1.54, 1.807) is 13.8 Å². The summed E-state index contributed by atoms with van der Waals surface area (Å²) in [5.41, 5.74) is -2.34. The Kier molecular flexibility index (Phi) is 12.0. The molecule has 6 heterocycles. The molecule has 4 N–H and O–H groups in total. The van der Waals surface area contributed by atoms with Gasteiger partial charge in [-0.2, -0.15) is 0 Å². The summed E-state index contributed by atoms with van der Waals surface area (Å²) in [6, 6.07) is 10.4. The van der Waals surface area contributed by atoms with E-state index in [0.29, 0.717) is 70.0 Å². The lowest BCUT2D eigenvalue weighted by atomic mass is 9.57. The molecule has 9 rings (SSSR count). The van der Waals surface area contributed by atoms with Gasteiger partial charge in [-0.05, 0) is 137 Å². The van der Waals surface area contributed by atoms with Crippen LogP contribution in [0.3, 0.4) is 0 Å². The molecule has 2 bridgehead atoms. The normalized spacial score (nSPS) is 53.4. The maximum absolute atomic E-state index is 12.6. The van der Waals surface area contributed by atoms with E-state index in [9.17, 15) is 20.4 Å². The van der Waals surface area contributed by atoms with E-state index in [1.165, 1.54) is 4.90 Å². The maximum Gasteiger partial charge on any atom is 0.283 e. The van der Waals surface area contributed by atoms with E-state index in [2.05, 4.69) is 52.0 Å². The fourth-order valence-electron chi connectivity index (χ4n) is 13.6. The van der Waals surface area contributed by atoms with Gasteiger partial charge in [-0.15, -0.1) is 11.8 Å². The minimum atomic E-state index is -1.39. The van der Waals surface area contributed by atoms with Crippen molar-refractivity contribution in [3.63, 3.8) is 0 Å². The number of benzene rings is 1. The van der Waals surface area contributed by atoms with Crippen LogP contribution in [0.1, 0.15) is 119 Å². The average Bonchev–Trinajstić information content (AvgIpc) is 3.37. The van der Waals surface area contributed by atoms with E-state index in [1.807, 2.05) is 17.8 Å². The van der Waals surface area contributed by atoms with E-state index in [4.69, 9.17) is 33.2 Å². The molecule has 2 aliphatic carbocycles. The van der Waals surface area contributed by atoms with Gasteiger partial charge in [0.25, 0.3) is 5.97 Å². The van der Waals surface area contributed by atoms with Gasteiger partial charge >= 0.3 is 0 Å². The molecule has 0 radical (unpaired) electrons. The Labute approximate surface area is 355 Å². The molecular formula is C47H72O11S. The molecule has 8 aliphatic rings. The van der Waals surface area contributed by atoms with Crippen molar-refractivity contribution in [3.8, 4) is 0 Å². The van der Waals surface area contributed by atoms with Gasteiger partial charge in [-0.1, -0.05) is 45.9 Å². The van der Waals surface area contributed by atoms with Crippen LogP contribution in [0, 0.1) is 59.2 Å². The van der Waals surface area contributed by atoms with Crippen LogP contribution in [0.4, 0.5) is 0 Å². The van der Waals surface area contributed by atoms with Crippen molar-refractivity contribution in [2.75, 3.05) is 19.0 Å². The molecule has 0 aromatic heterocycles. The number of fused-ring (bicyclic) bond motifs is 2. The summed E-state index contributed by atoms with van der Waals surface area (Å²) in [5, 5.41) is 47.7. The Morgan fingerprint density at radius 2 is 1.12 bits per heavy atom. The lowest BCUT2D eigenvalue weighted by Crippen LogP contribution is -2.68. The molecule has 6 aliphatic heterocycles. The minimum Gasteiger partial charge on any atom is -0.384 e. The Morgan fingerprint density at radius 1 is 0.627 bits per heavy atom. The smallest absolute Gasteiger partial charge is 0.283 e. The monoisotopic (exact) mass is 844 g/mol. The summed E-state index contributed by atoms with van der Waals surface area (Å²) in [4.78, 5) is 1.23. The molecule has 8 fully saturated rings. The highest BCUT2D eigenvalue weighted by molar-refractivity contribution is 7.99. The molecule has 1 aromatic rings. The van der Waals surface area contributed by atoms with E-state index in [0.717, 1.165) is 37.9 Å². The standard InChI is InChI=1S/C47H72O11S/c1-27-13-15-36-29(3)38(54-41-46(36,50)34(27)17-20-43(5,48)57-41)23-31-25-52-45(19-10-22-59-33-11-8-7-9-12-33)53-26-32(40(31)56-45)24-39-30(4)37-16-14-28(2)35-18-21-44(6,49)58-42(55-39)47(35,37)51/h7-9,11-12,27-32,34-42,48-51H,10,13-26H2,1-6H3/t27-,28-,29-,30-,31?,32?,34+,35+,36+,37+,38-,39-,40?,41-,42-,43-,44-,45?,46-,47-/m1/s1. The second-order valence-electron chi connectivity index (χ2n) is 20.8. The topological polar surface area (TPSA) is 146 Å². The molecule has 59 heavy (non-hydrogen) atoms. The average molecular weight is 845 g/mol. The van der Waals surface area contributed by atoms with Crippen molar-refractivity contribution < 1.29 is 53.6 Å². The third-order valence-corrected chi connectivity index (χ3v) is 18.1. The molecule has 332 valence electrons. The number of hydrogen-bond donors (Lipinski definition) is 4. The zero-order valence-corrected chi connectivity index (χ0v) is 37.0. The quantitative estimate of drug-likeness (QED) is 0.147. The summed E-state index contributed by atoms with van der Waals surface area (Å²) < 4.78 is 46.8. The predicted molar refractivity (Wildman–Crippen MR) is 220 cm³/mol. The SMILES string of the molecule is C[C@H]1[C@@H](CC2COC3(CCCSc4ccccc4)OCC(C[C@H]4O[C@@H]5O[C@@](C)(O)CC[C@H]6[C@H](C)CC[C@@H]([C@H]4C)[C@@]56O)C2O3)O[C@@H]2O[C@@](C)(O)CC[C@H]3[C@H](C)CC[C@@H]1[C@@]23O. The molecule has 12 heteroatoms. The Bertz CT molecular complexity index is 1520. The molecule has 2 saturated carbocycles. The molecule has 18 atom stereocenters. The number of rotatable bonds is 9. The second-order valence-corrected chi connectivity index (χ2v) is 22.0. The number of hydrogen-bond acceptors (Lipinski definition) is 12. The van der Waals surface area contributed by atoms with Crippen molar-refractivity contribution in [1.82, 2.24) is 0 Å². The van der Waals surface area contributed by atoms with E-state index in [-0.39, 0.29) is 65.7 Å². The molecule has 6 saturated heterocycles. The van der Waals surface area contributed by atoms with Crippen LogP contribution in [-0.2, 0) is 33.2 Å². The summed E-state index contributed by atoms with van der Waals surface area (Å²) in [5.74, 6) is -2.41. The molecule has 11 nitrogen and oxygen atoms in total. The summed E-state index contributed by atoms with van der Waals surface area (Å²) in [7, 11) is 0. The number of aliphatic hydroxyl groups is 4. The first-order chi connectivity index (χ1) is 28.0. The van der Waals surface area contributed by atoms with Crippen LogP contribution in [0.25, 0.3) is 0 Å². The minimum absolute atomic E-state index is 0.00977. The Balaban J connectivity index is 0.962. The van der Waals surface area contributed by atoms with E-state index < -0.39 is 41.3 Å². The molecule has 0 amide bonds. The predicted octanol–water partition coefficient (Wildman–Crippen LogP) is 7.22. The largest absolute Gasteiger partial charge is 0.384 e. The van der Waals surface area contributed by atoms with E-state index >= 15 is 0 Å². The highest BCUT2D eigenvalue weighted by Gasteiger charge is 2.66. The number of ether oxygens (including phenoxy) is 7. The first kappa shape index (κ1) is 43.4. The lowest BCUT2D eigenvalue weighted by Gasteiger charge is -2.59. The third kappa shape index (κ3) is 7.91. The zero-order valence-electron chi connectivity index (χ0n) is 36.2. The molecular weight excluding hydrogens is 773 g/mol. The first-order valence-electron chi connectivity index (χ1n) is 23.2. The molecule has 1 aromatic carbocycles. The lowest BCUT2D eigenvalue weighted by molar-refractivity contribution is -0.465. The fraction of sp³-hybridized carbons (Fsp3) is 0.872. The van der Waals surface area contributed by atoms with Crippen molar-refractivity contribution in [2.24, 2.45) is 59.2 Å². The van der Waals surface area contributed by atoms with Gasteiger partial charge in [0.05, 0.1) is 31.5 Å². The summed E-state index contributed by atoms with van der Waals surface area (Å²) in [6.45, 7) is 13.2. The van der Waals surface area contributed by atoms with Crippen LogP contribution in [0.2, 0.25) is 0 Å². The highest BCUT2D eigenvalue weighted by atomic mass is 32.2. The first-order valence-corrected chi connectivity index (χ1v) is 24.2. The zero-order chi connectivity index (χ0) is 41.5. The summed E-state index contributed by atoms with van der Waals surface area (Å²) >= 11 is 1.82. The highest BCUT2D eigenvalue weighted by Crippen LogP contribution is 2.59. The van der Waals surface area contributed by atoms with Crippen molar-refractivity contribution in [2.45, 2.75) is 183 Å². The van der Waals surface area contributed by atoms with Gasteiger partial charge in [-0.25, -0.2) is 0 Å². The second kappa shape index (κ2) is 16.3. The van der Waals surface area contributed by atoms with Gasteiger partial charge in [0, 0.05) is 36.0 Å². The van der Waals surface area contributed by atoms with Gasteiger partial charge in [0.1, 0.15) is 11.2 Å². The van der Waals surface area contributed by atoms with Crippen LogP contribution in [-0.4, -0.2) is 99.0 Å². The van der Waals surface area contributed by atoms with Gasteiger partial charge < -0.3 is 53.6 Å². The van der Waals surface area contributed by atoms with Gasteiger partial charge in [0.2, 0.25) is 0 Å². The Hall–Kier alpha value is -0.870. The van der Waals surface area contributed by atoms with Crippen molar-refractivity contribution in [3.05, 3.63) is 30.3 Å². The van der Waals surface area contributed by atoms with Gasteiger partial charge in [0.15, 0.2) is 24.2 Å². The van der Waals surface area contributed by atoms with Crippen molar-refractivity contribution in [1.29, 1.82) is 0 Å². The van der Waals surface area contributed by atoms with Crippen LogP contribution >= 0.6 is 11.8 Å². The van der Waals surface area contributed by atoms with Crippen LogP contribution in [0.15, 0.2) is 35.2 Å². The number of thioether (sulfide) groups is 1. The van der Waals surface area contributed by atoms with Gasteiger partial charge in [-0.3, -0.25) is 0 Å². The van der Waals surface area contributed by atoms with Crippen LogP contribution in [0.5, 0.6) is 0 Å². The Morgan fingerprint density at radius 3 is 1.61 bits per heavy atom. The third-order valence-electron chi connectivity index (χ3n) is 17.0. The molecule has 2 unspecified atom stereocenters. The van der Waals surface area contributed by atoms with Crippen molar-refractivity contribution >= 4 is 11.8 Å². The maximum atomic E-state index is 12.6. The molecule has 0 spiro atoms. The van der Waals surface area contributed by atoms with Crippen LogP contribution < -0.4 is 0 Å².